The van der Waals surface area contributed by atoms with Gasteiger partial charge in [-0.1, -0.05) is 82.7 Å². The van der Waals surface area contributed by atoms with Crippen molar-refractivity contribution < 1.29 is 4.79 Å². The number of para-hydroxylation sites is 1. The lowest BCUT2D eigenvalue weighted by molar-refractivity contribution is 0.0987. The Morgan fingerprint density at radius 1 is 0.731 bits per heavy atom. The summed E-state index contributed by atoms with van der Waals surface area (Å²) < 4.78 is 0.830. The van der Waals surface area contributed by atoms with E-state index < -0.39 is 0 Å². The first-order valence-electron chi connectivity index (χ1n) is 8.24. The molecular formula is C22H15BrN2O. The number of allylic oxidation sites excluding steroid dienone is 1. The molecule has 0 atom stereocenters. The van der Waals surface area contributed by atoms with E-state index in [-0.39, 0.29) is 5.91 Å². The average molecular weight is 403 g/mol. The van der Waals surface area contributed by atoms with Crippen molar-refractivity contribution in [3.05, 3.63) is 108 Å². The van der Waals surface area contributed by atoms with E-state index in [1.807, 2.05) is 91.0 Å². The van der Waals surface area contributed by atoms with Gasteiger partial charge in [-0.05, 0) is 24.3 Å². The van der Waals surface area contributed by atoms with Gasteiger partial charge in [-0.3, -0.25) is 4.79 Å². The van der Waals surface area contributed by atoms with Crippen molar-refractivity contribution in [2.75, 3.05) is 5.01 Å². The molecule has 1 heterocycles. The summed E-state index contributed by atoms with van der Waals surface area (Å²) in [6, 6.07) is 26.9. The van der Waals surface area contributed by atoms with Gasteiger partial charge < -0.3 is 0 Å². The second-order valence-electron chi connectivity index (χ2n) is 5.84. The van der Waals surface area contributed by atoms with Crippen LogP contribution in [-0.2, 0) is 0 Å². The number of hydrazone groups is 1. The minimum atomic E-state index is -0.162. The van der Waals surface area contributed by atoms with E-state index in [1.165, 1.54) is 5.01 Å². The summed E-state index contributed by atoms with van der Waals surface area (Å²) in [5, 5.41) is 6.17. The van der Waals surface area contributed by atoms with Crippen molar-refractivity contribution in [1.29, 1.82) is 0 Å². The molecule has 26 heavy (non-hydrogen) atoms. The predicted molar refractivity (Wildman–Crippen MR) is 110 cm³/mol. The zero-order chi connectivity index (χ0) is 17.9. The van der Waals surface area contributed by atoms with Crippen LogP contribution in [0.3, 0.4) is 0 Å². The molecule has 4 heteroatoms. The minimum absolute atomic E-state index is 0.162. The van der Waals surface area contributed by atoms with Crippen LogP contribution in [0.5, 0.6) is 0 Å². The van der Waals surface area contributed by atoms with Crippen molar-refractivity contribution in [2.45, 2.75) is 0 Å². The summed E-state index contributed by atoms with van der Waals surface area (Å²) in [5.74, 6) is -0.162. The van der Waals surface area contributed by atoms with Gasteiger partial charge in [0.25, 0.3) is 5.91 Å². The number of benzene rings is 3. The summed E-state index contributed by atoms with van der Waals surface area (Å²) in [6.45, 7) is 0. The molecule has 0 saturated carbocycles. The van der Waals surface area contributed by atoms with E-state index in [0.29, 0.717) is 11.3 Å². The van der Waals surface area contributed by atoms with Crippen LogP contribution in [0, 0.1) is 0 Å². The molecule has 0 unspecified atom stereocenters. The third-order valence-corrected chi connectivity index (χ3v) is 4.80. The third-order valence-electron chi connectivity index (χ3n) is 4.15. The van der Waals surface area contributed by atoms with Crippen LogP contribution in [0.15, 0.2) is 96.1 Å². The lowest BCUT2D eigenvalue weighted by Crippen LogP contribution is -2.29. The Hall–Kier alpha value is -2.98. The van der Waals surface area contributed by atoms with Gasteiger partial charge in [0, 0.05) is 15.6 Å². The van der Waals surface area contributed by atoms with Gasteiger partial charge in [0.2, 0.25) is 0 Å². The average Bonchev–Trinajstić information content (AvgIpc) is 2.71. The Labute approximate surface area is 160 Å². The maximum Gasteiger partial charge on any atom is 0.279 e. The zero-order valence-corrected chi connectivity index (χ0v) is 15.4. The van der Waals surface area contributed by atoms with Crippen molar-refractivity contribution in [2.24, 2.45) is 5.10 Å². The van der Waals surface area contributed by atoms with Gasteiger partial charge in [0.05, 0.1) is 17.0 Å². The number of fused-ring (bicyclic) bond motifs is 1. The third kappa shape index (κ3) is 3.11. The Kier molecular flexibility index (Phi) is 4.50. The number of amides is 1. The maximum atomic E-state index is 13.3. The Balaban J connectivity index is 1.96. The van der Waals surface area contributed by atoms with Gasteiger partial charge in [-0.25, -0.2) is 0 Å². The number of hydrogen-bond donors (Lipinski definition) is 0. The fraction of sp³-hybridized carbons (Fsp3) is 0. The normalized spacial score (nSPS) is 14.0. The highest BCUT2D eigenvalue weighted by Gasteiger charge is 2.24. The van der Waals surface area contributed by atoms with E-state index in [1.54, 1.807) is 0 Å². The van der Waals surface area contributed by atoms with Gasteiger partial charge in [-0.2, -0.15) is 10.1 Å². The molecule has 3 nitrogen and oxygen atoms in total. The molecule has 0 aliphatic carbocycles. The highest BCUT2D eigenvalue weighted by atomic mass is 79.9. The zero-order valence-electron chi connectivity index (χ0n) is 13.8. The number of halogens is 1. The van der Waals surface area contributed by atoms with Gasteiger partial charge in [0.1, 0.15) is 0 Å². The highest BCUT2D eigenvalue weighted by Crippen LogP contribution is 2.30. The number of nitrogens with zero attached hydrogens (tertiary/aromatic N) is 2. The SMILES string of the molecule is O=C1c2ccccc2C(Br)=CC(c2ccccc2)=NN1c1ccccc1. The molecule has 4 rings (SSSR count). The topological polar surface area (TPSA) is 32.7 Å². The van der Waals surface area contributed by atoms with Crippen LogP contribution < -0.4 is 5.01 Å². The first kappa shape index (κ1) is 16.5. The van der Waals surface area contributed by atoms with Crippen LogP contribution in [0.1, 0.15) is 21.5 Å². The lowest BCUT2D eigenvalue weighted by Gasteiger charge is -2.22. The highest BCUT2D eigenvalue weighted by molar-refractivity contribution is 9.15. The summed E-state index contributed by atoms with van der Waals surface area (Å²) in [4.78, 5) is 13.3. The molecule has 0 bridgehead atoms. The van der Waals surface area contributed by atoms with E-state index in [0.717, 1.165) is 21.3 Å². The number of rotatable bonds is 2. The van der Waals surface area contributed by atoms with Crippen molar-refractivity contribution in [3.63, 3.8) is 0 Å². The molecule has 1 amide bonds. The molecule has 0 aromatic heterocycles. The summed E-state index contributed by atoms with van der Waals surface area (Å²) in [6.07, 6.45) is 1.95. The summed E-state index contributed by atoms with van der Waals surface area (Å²) >= 11 is 3.62. The van der Waals surface area contributed by atoms with Crippen LogP contribution in [0.25, 0.3) is 4.48 Å². The van der Waals surface area contributed by atoms with Crippen LogP contribution in [0.4, 0.5) is 5.69 Å². The molecule has 0 spiro atoms. The Bertz CT molecular complexity index is 1010. The fourth-order valence-electron chi connectivity index (χ4n) is 2.87. The first-order chi connectivity index (χ1) is 12.7. The first-order valence-corrected chi connectivity index (χ1v) is 9.03. The molecule has 0 N–H and O–H groups in total. The van der Waals surface area contributed by atoms with E-state index in [4.69, 9.17) is 5.10 Å². The van der Waals surface area contributed by atoms with Gasteiger partial charge in [0.15, 0.2) is 0 Å². The number of anilines is 1. The molecule has 0 fully saturated rings. The molecule has 0 saturated heterocycles. The van der Waals surface area contributed by atoms with Crippen LogP contribution in [-0.4, -0.2) is 11.6 Å². The summed E-state index contributed by atoms with van der Waals surface area (Å²) in [5.41, 5.74) is 3.84. The maximum absolute atomic E-state index is 13.3. The van der Waals surface area contributed by atoms with E-state index in [2.05, 4.69) is 15.9 Å². The lowest BCUT2D eigenvalue weighted by atomic mass is 10.0. The second kappa shape index (κ2) is 7.10. The Morgan fingerprint density at radius 3 is 2.00 bits per heavy atom. The monoisotopic (exact) mass is 402 g/mol. The Morgan fingerprint density at radius 2 is 1.31 bits per heavy atom. The molecule has 1 aliphatic rings. The van der Waals surface area contributed by atoms with Crippen LogP contribution in [0.2, 0.25) is 0 Å². The standard InChI is InChI=1S/C22H15BrN2O/c23-20-15-21(16-9-3-1-4-10-16)24-25(17-11-5-2-6-12-17)22(26)19-14-8-7-13-18(19)20/h1-15H. The van der Waals surface area contributed by atoms with Gasteiger partial charge in [-0.15, -0.1) is 0 Å². The van der Waals surface area contributed by atoms with E-state index in [9.17, 15) is 4.79 Å². The minimum Gasteiger partial charge on any atom is -0.267 e. The predicted octanol–water partition coefficient (Wildman–Crippen LogP) is 5.49. The molecular weight excluding hydrogens is 388 g/mol. The molecule has 3 aromatic rings. The largest absolute Gasteiger partial charge is 0.279 e. The number of carbonyl (C=O) groups is 1. The van der Waals surface area contributed by atoms with E-state index >= 15 is 0 Å². The van der Waals surface area contributed by atoms with Gasteiger partial charge >= 0.3 is 0 Å². The molecule has 3 aromatic carbocycles. The molecule has 0 radical (unpaired) electrons. The van der Waals surface area contributed by atoms with Crippen molar-refractivity contribution >= 4 is 37.7 Å². The summed E-state index contributed by atoms with van der Waals surface area (Å²) in [7, 11) is 0. The number of hydrogen-bond acceptors (Lipinski definition) is 2. The number of carbonyl (C=O) groups excluding carboxylic acids is 1. The van der Waals surface area contributed by atoms with Crippen LogP contribution >= 0.6 is 15.9 Å². The van der Waals surface area contributed by atoms with Crippen molar-refractivity contribution in [3.8, 4) is 0 Å². The van der Waals surface area contributed by atoms with Crippen molar-refractivity contribution in [1.82, 2.24) is 0 Å². The smallest absolute Gasteiger partial charge is 0.267 e. The molecule has 1 aliphatic heterocycles. The fourth-order valence-corrected chi connectivity index (χ4v) is 3.43. The quantitative estimate of drug-likeness (QED) is 0.557. The molecule has 126 valence electrons. The second-order valence-corrected chi connectivity index (χ2v) is 6.70.